The van der Waals surface area contributed by atoms with Crippen molar-refractivity contribution >= 4 is 23.2 Å². The predicted octanol–water partition coefficient (Wildman–Crippen LogP) is 4.40. The van der Waals surface area contributed by atoms with Crippen molar-refractivity contribution in [2.24, 2.45) is 0 Å². The van der Waals surface area contributed by atoms with E-state index in [0.29, 0.717) is 16.7 Å². The average Bonchev–Trinajstić information content (AvgIpc) is 2.43. The van der Waals surface area contributed by atoms with E-state index in [9.17, 15) is 0 Å². The van der Waals surface area contributed by atoms with Gasteiger partial charge in [0.25, 0.3) is 0 Å². The van der Waals surface area contributed by atoms with Gasteiger partial charge in [-0.1, -0.05) is 41.4 Å². The molecule has 0 amide bonds. The molecule has 0 saturated carbocycles. The quantitative estimate of drug-likeness (QED) is 0.799. The highest BCUT2D eigenvalue weighted by Gasteiger charge is 2.02. The first-order chi connectivity index (χ1) is 9.69. The SMILES string of the molecule is COCCNCc1cccc(-c2cc(Cl)cc(Cl)c2)c1. The van der Waals surface area contributed by atoms with Crippen LogP contribution in [0.1, 0.15) is 5.56 Å². The zero-order chi connectivity index (χ0) is 14.4. The molecule has 2 nitrogen and oxygen atoms in total. The zero-order valence-electron chi connectivity index (χ0n) is 11.3. The summed E-state index contributed by atoms with van der Waals surface area (Å²) in [7, 11) is 1.70. The minimum atomic E-state index is 0.649. The molecular formula is C16H17Cl2NO. The van der Waals surface area contributed by atoms with Crippen molar-refractivity contribution in [2.75, 3.05) is 20.3 Å². The molecule has 2 rings (SSSR count). The summed E-state index contributed by atoms with van der Waals surface area (Å²) < 4.78 is 5.01. The summed E-state index contributed by atoms with van der Waals surface area (Å²) in [5.74, 6) is 0. The van der Waals surface area contributed by atoms with E-state index >= 15 is 0 Å². The second-order valence-electron chi connectivity index (χ2n) is 4.53. The molecule has 0 atom stereocenters. The monoisotopic (exact) mass is 309 g/mol. The van der Waals surface area contributed by atoms with E-state index < -0.39 is 0 Å². The van der Waals surface area contributed by atoms with Crippen LogP contribution in [0, 0.1) is 0 Å². The van der Waals surface area contributed by atoms with Crippen LogP contribution < -0.4 is 5.32 Å². The molecule has 0 aromatic heterocycles. The van der Waals surface area contributed by atoms with Crippen LogP contribution in [0.2, 0.25) is 10.0 Å². The van der Waals surface area contributed by atoms with Gasteiger partial charge < -0.3 is 10.1 Å². The Bertz CT molecular complexity index is 552. The molecule has 0 bridgehead atoms. The Balaban J connectivity index is 2.12. The van der Waals surface area contributed by atoms with Crippen LogP contribution in [0.5, 0.6) is 0 Å². The molecular weight excluding hydrogens is 293 g/mol. The van der Waals surface area contributed by atoms with Crippen molar-refractivity contribution in [1.29, 1.82) is 0 Å². The van der Waals surface area contributed by atoms with E-state index in [1.54, 1.807) is 13.2 Å². The zero-order valence-corrected chi connectivity index (χ0v) is 12.8. The van der Waals surface area contributed by atoms with Gasteiger partial charge in [0, 0.05) is 30.2 Å². The number of hydrogen-bond donors (Lipinski definition) is 1. The Hall–Kier alpha value is -1.06. The number of halogens is 2. The van der Waals surface area contributed by atoms with Gasteiger partial charge in [0.1, 0.15) is 0 Å². The molecule has 2 aromatic carbocycles. The summed E-state index contributed by atoms with van der Waals surface area (Å²) in [6, 6.07) is 13.9. The largest absolute Gasteiger partial charge is 0.383 e. The van der Waals surface area contributed by atoms with Crippen molar-refractivity contribution in [3.63, 3.8) is 0 Å². The Labute approximate surface area is 129 Å². The lowest BCUT2D eigenvalue weighted by molar-refractivity contribution is 0.199. The first-order valence-corrected chi connectivity index (χ1v) is 7.19. The summed E-state index contributed by atoms with van der Waals surface area (Å²) in [6.45, 7) is 2.36. The molecule has 0 unspecified atom stereocenters. The number of methoxy groups -OCH3 is 1. The lowest BCUT2D eigenvalue weighted by Gasteiger charge is -2.08. The van der Waals surface area contributed by atoms with Crippen molar-refractivity contribution < 1.29 is 4.74 Å². The van der Waals surface area contributed by atoms with Gasteiger partial charge in [0.05, 0.1) is 6.61 Å². The Morgan fingerprint density at radius 2 is 1.75 bits per heavy atom. The fourth-order valence-corrected chi connectivity index (χ4v) is 2.51. The van der Waals surface area contributed by atoms with Crippen molar-refractivity contribution in [3.05, 3.63) is 58.1 Å². The Kier molecular flexibility index (Phi) is 5.86. The van der Waals surface area contributed by atoms with Gasteiger partial charge in [-0.3, -0.25) is 0 Å². The van der Waals surface area contributed by atoms with Crippen molar-refractivity contribution in [2.45, 2.75) is 6.54 Å². The summed E-state index contributed by atoms with van der Waals surface area (Å²) in [5.41, 5.74) is 3.36. The van der Waals surface area contributed by atoms with Crippen LogP contribution in [0.25, 0.3) is 11.1 Å². The van der Waals surface area contributed by atoms with E-state index in [0.717, 1.165) is 24.2 Å². The summed E-state index contributed by atoms with van der Waals surface area (Å²) in [6.07, 6.45) is 0. The third-order valence-electron chi connectivity index (χ3n) is 2.93. The molecule has 0 aliphatic rings. The van der Waals surface area contributed by atoms with Gasteiger partial charge in [0.2, 0.25) is 0 Å². The number of benzene rings is 2. The predicted molar refractivity (Wildman–Crippen MR) is 85.5 cm³/mol. The molecule has 0 aliphatic heterocycles. The van der Waals surface area contributed by atoms with Crippen LogP contribution in [0.15, 0.2) is 42.5 Å². The molecule has 1 N–H and O–H groups in total. The number of nitrogens with one attached hydrogen (secondary N) is 1. The molecule has 2 aromatic rings. The lowest BCUT2D eigenvalue weighted by atomic mass is 10.0. The van der Waals surface area contributed by atoms with Crippen LogP contribution in [0.3, 0.4) is 0 Å². The van der Waals surface area contributed by atoms with Gasteiger partial charge in [-0.05, 0) is 41.0 Å². The highest BCUT2D eigenvalue weighted by molar-refractivity contribution is 6.35. The normalized spacial score (nSPS) is 10.8. The molecule has 0 spiro atoms. The molecule has 0 saturated heterocycles. The van der Waals surface area contributed by atoms with E-state index in [4.69, 9.17) is 27.9 Å². The number of rotatable bonds is 6. The number of ether oxygens (including phenoxy) is 1. The van der Waals surface area contributed by atoms with Crippen LogP contribution in [0.4, 0.5) is 0 Å². The Morgan fingerprint density at radius 1 is 1.00 bits per heavy atom. The summed E-state index contributed by atoms with van der Waals surface area (Å²) in [5, 5.41) is 4.63. The van der Waals surface area contributed by atoms with Crippen molar-refractivity contribution in [3.8, 4) is 11.1 Å². The standard InChI is InChI=1S/C16H17Cl2NO/c1-20-6-5-19-11-12-3-2-4-13(7-12)14-8-15(17)10-16(18)9-14/h2-4,7-10,19H,5-6,11H2,1H3. The van der Waals surface area contributed by atoms with Gasteiger partial charge >= 0.3 is 0 Å². The highest BCUT2D eigenvalue weighted by Crippen LogP contribution is 2.27. The van der Waals surface area contributed by atoms with E-state index in [-0.39, 0.29) is 0 Å². The fraction of sp³-hybridized carbons (Fsp3) is 0.250. The van der Waals surface area contributed by atoms with E-state index in [1.165, 1.54) is 5.56 Å². The van der Waals surface area contributed by atoms with Gasteiger partial charge in [0.15, 0.2) is 0 Å². The molecule has 0 fully saturated rings. The average molecular weight is 310 g/mol. The van der Waals surface area contributed by atoms with Crippen molar-refractivity contribution in [1.82, 2.24) is 5.32 Å². The molecule has 20 heavy (non-hydrogen) atoms. The number of hydrogen-bond acceptors (Lipinski definition) is 2. The van der Waals surface area contributed by atoms with E-state index in [2.05, 4.69) is 23.5 Å². The molecule has 4 heteroatoms. The maximum absolute atomic E-state index is 6.05. The summed E-state index contributed by atoms with van der Waals surface area (Å²) >= 11 is 12.1. The molecule has 0 aliphatic carbocycles. The van der Waals surface area contributed by atoms with Crippen LogP contribution >= 0.6 is 23.2 Å². The minimum absolute atomic E-state index is 0.649. The van der Waals surface area contributed by atoms with Gasteiger partial charge in [-0.2, -0.15) is 0 Å². The van der Waals surface area contributed by atoms with E-state index in [1.807, 2.05) is 18.2 Å². The third kappa shape index (κ3) is 4.50. The topological polar surface area (TPSA) is 21.3 Å². The summed E-state index contributed by atoms with van der Waals surface area (Å²) in [4.78, 5) is 0. The fourth-order valence-electron chi connectivity index (χ4n) is 1.99. The first-order valence-electron chi connectivity index (χ1n) is 6.44. The minimum Gasteiger partial charge on any atom is -0.383 e. The first kappa shape index (κ1) is 15.3. The van der Waals surface area contributed by atoms with Crippen LogP contribution in [-0.2, 0) is 11.3 Å². The van der Waals surface area contributed by atoms with Gasteiger partial charge in [-0.25, -0.2) is 0 Å². The highest BCUT2D eigenvalue weighted by atomic mass is 35.5. The maximum atomic E-state index is 6.05. The van der Waals surface area contributed by atoms with Gasteiger partial charge in [-0.15, -0.1) is 0 Å². The molecule has 106 valence electrons. The second-order valence-corrected chi connectivity index (χ2v) is 5.40. The lowest BCUT2D eigenvalue weighted by Crippen LogP contribution is -2.18. The third-order valence-corrected chi connectivity index (χ3v) is 3.37. The van der Waals surface area contributed by atoms with Crippen LogP contribution in [-0.4, -0.2) is 20.3 Å². The Morgan fingerprint density at radius 3 is 2.45 bits per heavy atom. The smallest absolute Gasteiger partial charge is 0.0587 e. The molecule has 0 heterocycles. The second kappa shape index (κ2) is 7.65. The maximum Gasteiger partial charge on any atom is 0.0587 e. The molecule has 0 radical (unpaired) electrons.